The van der Waals surface area contributed by atoms with E-state index in [9.17, 15) is 13.2 Å². The van der Waals surface area contributed by atoms with Gasteiger partial charge in [0.05, 0.1) is 5.56 Å². The minimum atomic E-state index is -4.36. The fourth-order valence-electron chi connectivity index (χ4n) is 1.80. The first kappa shape index (κ1) is 11.4. The maximum Gasteiger partial charge on any atom is 0.416 e. The first-order valence-electron chi connectivity index (χ1n) is 5.11. The monoisotopic (exact) mass is 230 g/mol. The third kappa shape index (κ3) is 1.91. The zero-order valence-electron chi connectivity index (χ0n) is 8.88. The molecule has 0 aliphatic heterocycles. The number of hydrogen-bond donors (Lipinski definition) is 1. The topological polar surface area (TPSA) is 38.9 Å². The number of aromatic nitrogens is 1. The molecule has 2 rings (SSSR count). The average molecular weight is 230 g/mol. The predicted molar refractivity (Wildman–Crippen MR) is 53.5 cm³/mol. The van der Waals surface area contributed by atoms with Gasteiger partial charge in [-0.2, -0.15) is 13.2 Å². The normalized spacial score (nSPS) is 20.6. The second-order valence-corrected chi connectivity index (χ2v) is 4.59. The van der Waals surface area contributed by atoms with Crippen LogP contribution in [0.1, 0.15) is 36.9 Å². The summed E-state index contributed by atoms with van der Waals surface area (Å²) in [5.41, 5.74) is 5.14. The summed E-state index contributed by atoms with van der Waals surface area (Å²) in [5, 5.41) is 0. The lowest BCUT2D eigenvalue weighted by molar-refractivity contribution is -0.138. The molecule has 16 heavy (non-hydrogen) atoms. The van der Waals surface area contributed by atoms with Crippen molar-refractivity contribution in [2.24, 2.45) is 11.1 Å². The standard InChI is InChI=1S/C11H13F3N2/c1-10(3-4-10)9(15)7-6-16-5-2-8(7)11(12,13)14/h2,5-6,9H,3-4,15H2,1H3. The first-order valence-corrected chi connectivity index (χ1v) is 5.11. The lowest BCUT2D eigenvalue weighted by Crippen LogP contribution is -2.24. The lowest BCUT2D eigenvalue weighted by atomic mass is 9.90. The summed E-state index contributed by atoms with van der Waals surface area (Å²) in [6.45, 7) is 1.91. The quantitative estimate of drug-likeness (QED) is 0.848. The molecule has 0 saturated heterocycles. The Hall–Kier alpha value is -1.10. The van der Waals surface area contributed by atoms with Crippen LogP contribution >= 0.6 is 0 Å². The van der Waals surface area contributed by atoms with Gasteiger partial charge in [-0.25, -0.2) is 0 Å². The Bertz CT molecular complexity index is 396. The molecule has 0 bridgehead atoms. The molecule has 1 heterocycles. The second-order valence-electron chi connectivity index (χ2n) is 4.59. The molecule has 0 amide bonds. The Morgan fingerprint density at radius 3 is 2.56 bits per heavy atom. The molecule has 1 aliphatic carbocycles. The number of hydrogen-bond acceptors (Lipinski definition) is 2. The maximum absolute atomic E-state index is 12.7. The van der Waals surface area contributed by atoms with Crippen LogP contribution in [0.25, 0.3) is 0 Å². The summed E-state index contributed by atoms with van der Waals surface area (Å²) in [6, 6.07) is 0.402. The Morgan fingerprint density at radius 1 is 1.44 bits per heavy atom. The van der Waals surface area contributed by atoms with E-state index in [0.717, 1.165) is 25.1 Å². The van der Waals surface area contributed by atoms with Crippen molar-refractivity contribution in [3.05, 3.63) is 29.6 Å². The summed E-state index contributed by atoms with van der Waals surface area (Å²) in [5.74, 6) is 0. The Kier molecular flexibility index (Phi) is 2.45. The third-order valence-electron chi connectivity index (χ3n) is 3.28. The average Bonchev–Trinajstić information content (AvgIpc) is 2.95. The summed E-state index contributed by atoms with van der Waals surface area (Å²) in [4.78, 5) is 3.74. The molecule has 1 aromatic rings. The molecule has 1 fully saturated rings. The van der Waals surface area contributed by atoms with E-state index in [2.05, 4.69) is 4.98 Å². The molecule has 1 unspecified atom stereocenters. The molecule has 88 valence electrons. The molecular formula is C11H13F3N2. The lowest BCUT2D eigenvalue weighted by Gasteiger charge is -2.22. The minimum absolute atomic E-state index is 0.106. The number of nitrogens with zero attached hydrogens (tertiary/aromatic N) is 1. The van der Waals surface area contributed by atoms with Gasteiger partial charge in [-0.1, -0.05) is 6.92 Å². The Labute approximate surface area is 91.7 Å². The van der Waals surface area contributed by atoms with Crippen molar-refractivity contribution in [2.75, 3.05) is 0 Å². The van der Waals surface area contributed by atoms with Crippen LogP contribution in [0.3, 0.4) is 0 Å². The molecule has 1 aromatic heterocycles. The zero-order valence-corrected chi connectivity index (χ0v) is 8.88. The molecule has 5 heteroatoms. The van der Waals surface area contributed by atoms with Crippen LogP contribution in [0.5, 0.6) is 0 Å². The van der Waals surface area contributed by atoms with Crippen LogP contribution < -0.4 is 5.73 Å². The SMILES string of the molecule is CC1(C(N)c2cnccc2C(F)(F)F)CC1. The van der Waals surface area contributed by atoms with Gasteiger partial charge in [0.25, 0.3) is 0 Å². The Morgan fingerprint density at radius 2 is 2.06 bits per heavy atom. The van der Waals surface area contributed by atoms with Gasteiger partial charge >= 0.3 is 6.18 Å². The van der Waals surface area contributed by atoms with Crippen molar-refractivity contribution in [3.8, 4) is 0 Å². The highest BCUT2D eigenvalue weighted by Crippen LogP contribution is 2.54. The summed E-state index contributed by atoms with van der Waals surface area (Å²) >= 11 is 0. The van der Waals surface area contributed by atoms with Crippen LogP contribution in [0.4, 0.5) is 13.2 Å². The van der Waals surface area contributed by atoms with Crippen LogP contribution in [0.2, 0.25) is 0 Å². The van der Waals surface area contributed by atoms with Gasteiger partial charge in [0.2, 0.25) is 0 Å². The number of pyridine rings is 1. The van der Waals surface area contributed by atoms with Crippen molar-refractivity contribution < 1.29 is 13.2 Å². The molecule has 0 aromatic carbocycles. The maximum atomic E-state index is 12.7. The van der Waals surface area contributed by atoms with Crippen molar-refractivity contribution in [1.82, 2.24) is 4.98 Å². The summed E-state index contributed by atoms with van der Waals surface area (Å²) < 4.78 is 38.2. The van der Waals surface area contributed by atoms with Gasteiger partial charge in [-0.05, 0) is 29.9 Å². The van der Waals surface area contributed by atoms with Gasteiger partial charge in [0.1, 0.15) is 0 Å². The molecule has 2 nitrogen and oxygen atoms in total. The van der Waals surface area contributed by atoms with Crippen molar-refractivity contribution >= 4 is 0 Å². The first-order chi connectivity index (χ1) is 7.34. The fourth-order valence-corrected chi connectivity index (χ4v) is 1.80. The number of nitrogens with two attached hydrogens (primary N) is 1. The number of alkyl halides is 3. The largest absolute Gasteiger partial charge is 0.416 e. The third-order valence-corrected chi connectivity index (χ3v) is 3.28. The fraction of sp³-hybridized carbons (Fsp3) is 0.545. The number of halogens is 3. The van der Waals surface area contributed by atoms with Gasteiger partial charge in [0.15, 0.2) is 0 Å². The summed E-state index contributed by atoms with van der Waals surface area (Å²) in [7, 11) is 0. The van der Waals surface area contributed by atoms with E-state index < -0.39 is 17.8 Å². The Balaban J connectivity index is 2.40. The number of rotatable bonds is 2. The smallest absolute Gasteiger partial charge is 0.323 e. The van der Waals surface area contributed by atoms with E-state index in [-0.39, 0.29) is 11.0 Å². The van der Waals surface area contributed by atoms with Crippen LogP contribution in [0.15, 0.2) is 18.5 Å². The van der Waals surface area contributed by atoms with Crippen molar-refractivity contribution in [1.29, 1.82) is 0 Å². The molecule has 1 aliphatic rings. The van der Waals surface area contributed by atoms with E-state index in [4.69, 9.17) is 5.73 Å². The summed E-state index contributed by atoms with van der Waals surface area (Å²) in [6.07, 6.45) is -0.229. The highest BCUT2D eigenvalue weighted by atomic mass is 19.4. The van der Waals surface area contributed by atoms with E-state index in [1.807, 2.05) is 6.92 Å². The van der Waals surface area contributed by atoms with Crippen molar-refractivity contribution in [2.45, 2.75) is 32.0 Å². The van der Waals surface area contributed by atoms with Gasteiger partial charge in [-0.3, -0.25) is 4.98 Å². The van der Waals surface area contributed by atoms with Gasteiger partial charge < -0.3 is 5.73 Å². The highest BCUT2D eigenvalue weighted by Gasteiger charge is 2.46. The van der Waals surface area contributed by atoms with Gasteiger partial charge in [0, 0.05) is 18.4 Å². The minimum Gasteiger partial charge on any atom is -0.323 e. The van der Waals surface area contributed by atoms with E-state index >= 15 is 0 Å². The highest BCUT2D eigenvalue weighted by molar-refractivity contribution is 5.31. The second kappa shape index (κ2) is 3.45. The predicted octanol–water partition coefficient (Wildman–Crippen LogP) is 2.90. The zero-order chi connectivity index (χ0) is 12.0. The molecule has 0 spiro atoms. The molecule has 1 atom stereocenters. The van der Waals surface area contributed by atoms with Crippen LogP contribution in [0, 0.1) is 5.41 Å². The van der Waals surface area contributed by atoms with Crippen LogP contribution in [-0.2, 0) is 6.18 Å². The molecule has 2 N–H and O–H groups in total. The molecule has 0 radical (unpaired) electrons. The van der Waals surface area contributed by atoms with E-state index in [0.29, 0.717) is 0 Å². The van der Waals surface area contributed by atoms with E-state index in [1.54, 1.807) is 0 Å². The van der Waals surface area contributed by atoms with Crippen molar-refractivity contribution in [3.63, 3.8) is 0 Å². The molecular weight excluding hydrogens is 217 g/mol. The van der Waals surface area contributed by atoms with Gasteiger partial charge in [-0.15, -0.1) is 0 Å². The molecule has 1 saturated carbocycles. The van der Waals surface area contributed by atoms with Crippen LogP contribution in [-0.4, -0.2) is 4.98 Å². The van der Waals surface area contributed by atoms with E-state index in [1.165, 1.54) is 6.20 Å².